The second-order valence-corrected chi connectivity index (χ2v) is 3.27. The molecule has 0 spiro atoms. The van der Waals surface area contributed by atoms with Crippen molar-refractivity contribution in [1.29, 1.82) is 0 Å². The molecule has 0 amide bonds. The number of carbonyl (C=O) groups is 1. The van der Waals surface area contributed by atoms with Crippen LogP contribution in [-0.4, -0.2) is 34.7 Å². The fourth-order valence-corrected chi connectivity index (χ4v) is 1.19. The largest absolute Gasteiger partial charge is 0.481 e. The van der Waals surface area contributed by atoms with Gasteiger partial charge in [0.05, 0.1) is 7.11 Å². The second-order valence-electron chi connectivity index (χ2n) is 3.27. The lowest BCUT2D eigenvalue weighted by Crippen LogP contribution is -2.07. The number of hydrogen-bond donors (Lipinski definition) is 2. The molecule has 6 heteroatoms. The fraction of sp³-hybridized carbons (Fsp3) is 0.500. The van der Waals surface area contributed by atoms with Gasteiger partial charge >= 0.3 is 5.97 Å². The molecule has 1 heterocycles. The lowest BCUT2D eigenvalue weighted by molar-refractivity contribution is -0.137. The first kappa shape index (κ1) is 12.2. The molecule has 6 nitrogen and oxygen atoms in total. The molecular weight excluding hydrogens is 210 g/mol. The van der Waals surface area contributed by atoms with E-state index in [0.717, 1.165) is 0 Å². The minimum Gasteiger partial charge on any atom is -0.481 e. The summed E-state index contributed by atoms with van der Waals surface area (Å²) < 4.78 is 4.99. The second kappa shape index (κ2) is 5.89. The number of aliphatic carboxylic acids is 1. The maximum atomic E-state index is 10.3. The smallest absolute Gasteiger partial charge is 0.303 e. The van der Waals surface area contributed by atoms with Gasteiger partial charge in [0.15, 0.2) is 0 Å². The molecule has 2 N–H and O–H groups in total. The lowest BCUT2D eigenvalue weighted by Gasteiger charge is -2.06. The molecule has 0 fully saturated rings. The Labute approximate surface area is 93.7 Å². The third-order valence-corrected chi connectivity index (χ3v) is 1.90. The van der Waals surface area contributed by atoms with Gasteiger partial charge in [-0.25, -0.2) is 4.98 Å². The van der Waals surface area contributed by atoms with E-state index in [-0.39, 0.29) is 6.42 Å². The molecule has 88 valence electrons. The molecule has 1 rings (SSSR count). The molecule has 0 saturated carbocycles. The number of aryl methyl sites for hydroxylation is 1. The van der Waals surface area contributed by atoms with Crippen LogP contribution in [0.15, 0.2) is 6.07 Å². The van der Waals surface area contributed by atoms with Crippen molar-refractivity contribution >= 4 is 11.8 Å². The number of hydrogen-bond acceptors (Lipinski definition) is 5. The highest BCUT2D eigenvalue weighted by atomic mass is 16.5. The Morgan fingerprint density at radius 2 is 2.31 bits per heavy atom. The van der Waals surface area contributed by atoms with Crippen molar-refractivity contribution < 1.29 is 14.6 Å². The summed E-state index contributed by atoms with van der Waals surface area (Å²) in [6.07, 6.45) is 0.703. The molecule has 0 aliphatic rings. The van der Waals surface area contributed by atoms with Crippen LogP contribution in [0.1, 0.15) is 18.7 Å². The third-order valence-electron chi connectivity index (χ3n) is 1.90. The molecule has 0 aromatic carbocycles. The predicted molar refractivity (Wildman–Crippen MR) is 58.7 cm³/mol. The lowest BCUT2D eigenvalue weighted by atomic mass is 10.3. The van der Waals surface area contributed by atoms with Crippen LogP contribution >= 0.6 is 0 Å². The molecule has 0 radical (unpaired) electrons. The molecule has 0 aliphatic heterocycles. The number of nitrogens with zero attached hydrogens (tertiary/aromatic N) is 2. The fourth-order valence-electron chi connectivity index (χ4n) is 1.19. The van der Waals surface area contributed by atoms with Gasteiger partial charge in [-0.3, -0.25) is 4.79 Å². The molecule has 0 aliphatic carbocycles. The SMILES string of the molecule is COc1cc(NCCCC(=O)O)nc(C)n1. The van der Waals surface area contributed by atoms with Crippen molar-refractivity contribution in [1.82, 2.24) is 9.97 Å². The molecule has 0 atom stereocenters. The number of methoxy groups -OCH3 is 1. The molecular formula is C10H15N3O3. The normalized spacial score (nSPS) is 9.88. The Balaban J connectivity index is 2.47. The van der Waals surface area contributed by atoms with Crippen molar-refractivity contribution in [2.24, 2.45) is 0 Å². The zero-order chi connectivity index (χ0) is 12.0. The third kappa shape index (κ3) is 4.12. The maximum Gasteiger partial charge on any atom is 0.303 e. The quantitative estimate of drug-likeness (QED) is 0.704. The van der Waals surface area contributed by atoms with Gasteiger partial charge in [0, 0.05) is 19.0 Å². The Hall–Kier alpha value is -1.85. The van der Waals surface area contributed by atoms with Gasteiger partial charge in [-0.15, -0.1) is 0 Å². The predicted octanol–water partition coefficient (Wildman–Crippen LogP) is 1.07. The van der Waals surface area contributed by atoms with Crippen molar-refractivity contribution in [2.45, 2.75) is 19.8 Å². The average molecular weight is 225 g/mol. The number of ether oxygens (including phenoxy) is 1. The van der Waals surface area contributed by atoms with E-state index in [1.54, 1.807) is 13.0 Å². The van der Waals surface area contributed by atoms with Gasteiger partial charge in [-0.2, -0.15) is 4.98 Å². The van der Waals surface area contributed by atoms with E-state index in [1.807, 2.05) is 0 Å². The van der Waals surface area contributed by atoms with Gasteiger partial charge in [0.25, 0.3) is 0 Å². The van der Waals surface area contributed by atoms with Crippen LogP contribution in [0.2, 0.25) is 0 Å². The van der Waals surface area contributed by atoms with E-state index in [0.29, 0.717) is 30.5 Å². The molecule has 0 bridgehead atoms. The van der Waals surface area contributed by atoms with E-state index < -0.39 is 5.97 Å². The van der Waals surface area contributed by atoms with Crippen LogP contribution in [0.3, 0.4) is 0 Å². The van der Waals surface area contributed by atoms with E-state index in [1.165, 1.54) is 7.11 Å². The van der Waals surface area contributed by atoms with Gasteiger partial charge in [0.2, 0.25) is 5.88 Å². The minimum absolute atomic E-state index is 0.147. The monoisotopic (exact) mass is 225 g/mol. The van der Waals surface area contributed by atoms with Crippen molar-refractivity contribution in [2.75, 3.05) is 19.0 Å². The highest BCUT2D eigenvalue weighted by molar-refractivity contribution is 5.66. The zero-order valence-corrected chi connectivity index (χ0v) is 9.36. The Kier molecular flexibility index (Phi) is 4.50. The number of nitrogens with one attached hydrogen (secondary N) is 1. The first-order valence-corrected chi connectivity index (χ1v) is 4.97. The molecule has 0 saturated heterocycles. The summed E-state index contributed by atoms with van der Waals surface area (Å²) in [5, 5.41) is 11.5. The topological polar surface area (TPSA) is 84.3 Å². The average Bonchev–Trinajstić information content (AvgIpc) is 2.23. The zero-order valence-electron chi connectivity index (χ0n) is 9.36. The number of carboxylic acids is 1. The van der Waals surface area contributed by atoms with E-state index in [9.17, 15) is 4.79 Å². The standard InChI is InChI=1S/C10H15N3O3/c1-7-12-8(6-9(13-7)16-2)11-5-3-4-10(14)15/h6H,3-5H2,1-2H3,(H,14,15)(H,11,12,13). The van der Waals surface area contributed by atoms with Gasteiger partial charge < -0.3 is 15.2 Å². The summed E-state index contributed by atoms with van der Waals surface area (Å²) in [6.45, 7) is 2.33. The molecule has 0 unspecified atom stereocenters. The summed E-state index contributed by atoms with van der Waals surface area (Å²) in [4.78, 5) is 18.5. The van der Waals surface area contributed by atoms with Crippen LogP contribution in [0.5, 0.6) is 5.88 Å². The van der Waals surface area contributed by atoms with Crippen molar-refractivity contribution in [3.8, 4) is 5.88 Å². The molecule has 16 heavy (non-hydrogen) atoms. The van der Waals surface area contributed by atoms with Crippen LogP contribution < -0.4 is 10.1 Å². The number of carboxylic acid groups (broad SMARTS) is 1. The summed E-state index contributed by atoms with van der Waals surface area (Å²) in [6, 6.07) is 1.67. The number of aromatic nitrogens is 2. The summed E-state index contributed by atoms with van der Waals surface area (Å²) in [5.41, 5.74) is 0. The summed E-state index contributed by atoms with van der Waals surface area (Å²) in [5.74, 6) is 0.960. The highest BCUT2D eigenvalue weighted by Gasteiger charge is 2.01. The summed E-state index contributed by atoms with van der Waals surface area (Å²) in [7, 11) is 1.54. The van der Waals surface area contributed by atoms with Gasteiger partial charge in [-0.05, 0) is 13.3 Å². The van der Waals surface area contributed by atoms with Gasteiger partial charge in [0.1, 0.15) is 11.6 Å². The van der Waals surface area contributed by atoms with Gasteiger partial charge in [-0.1, -0.05) is 0 Å². The molecule has 1 aromatic rings. The van der Waals surface area contributed by atoms with Crippen LogP contribution in [0, 0.1) is 6.92 Å². The Bertz CT molecular complexity index is 368. The molecule has 1 aromatic heterocycles. The van der Waals surface area contributed by atoms with Crippen LogP contribution in [0.4, 0.5) is 5.82 Å². The summed E-state index contributed by atoms with van der Waals surface area (Å²) >= 11 is 0. The van der Waals surface area contributed by atoms with Crippen LogP contribution in [0.25, 0.3) is 0 Å². The maximum absolute atomic E-state index is 10.3. The van der Waals surface area contributed by atoms with Crippen LogP contribution in [-0.2, 0) is 4.79 Å². The minimum atomic E-state index is -0.793. The van der Waals surface area contributed by atoms with E-state index in [4.69, 9.17) is 9.84 Å². The first-order chi connectivity index (χ1) is 7.61. The first-order valence-electron chi connectivity index (χ1n) is 4.97. The van der Waals surface area contributed by atoms with E-state index in [2.05, 4.69) is 15.3 Å². The Morgan fingerprint density at radius 1 is 1.56 bits per heavy atom. The van der Waals surface area contributed by atoms with Crippen molar-refractivity contribution in [3.63, 3.8) is 0 Å². The Morgan fingerprint density at radius 3 is 2.94 bits per heavy atom. The number of anilines is 1. The number of rotatable bonds is 6. The van der Waals surface area contributed by atoms with Crippen molar-refractivity contribution in [3.05, 3.63) is 11.9 Å². The highest BCUT2D eigenvalue weighted by Crippen LogP contribution is 2.12. The van der Waals surface area contributed by atoms with E-state index >= 15 is 0 Å².